The normalized spacial score (nSPS) is 14.4. The van der Waals surface area contributed by atoms with Gasteiger partial charge in [-0.25, -0.2) is 9.78 Å². The fourth-order valence-electron chi connectivity index (χ4n) is 3.06. The minimum Gasteiger partial charge on any atom is -0.475 e. The van der Waals surface area contributed by atoms with E-state index in [4.69, 9.17) is 5.11 Å². The minimum absolute atomic E-state index is 0.0181. The van der Waals surface area contributed by atoms with Crippen molar-refractivity contribution in [1.82, 2.24) is 19.4 Å². The van der Waals surface area contributed by atoms with Crippen LogP contribution in [0.4, 0.5) is 5.95 Å². The number of aryl methyl sites for hydroxylation is 1. The van der Waals surface area contributed by atoms with Crippen LogP contribution in [0.2, 0.25) is 0 Å². The summed E-state index contributed by atoms with van der Waals surface area (Å²) in [5, 5.41) is 9.00. The molecule has 1 aliphatic heterocycles. The standard InChI is InChI=1S/C17H19N5O5/c1-3-20-9-12(14(25)16(26)27)13(24)11-8-18-17(19-15(11)20)22-6-4-21(5-7-22)10(2)23/h8-9H,3-7H2,1-2H3,(H,26,27). The number of rotatable bonds is 4. The molecule has 1 N–H and O–H groups in total. The maximum Gasteiger partial charge on any atom is 0.377 e. The monoisotopic (exact) mass is 373 g/mol. The quantitative estimate of drug-likeness (QED) is 0.574. The first-order valence-electron chi connectivity index (χ1n) is 8.51. The molecule has 0 aliphatic carbocycles. The van der Waals surface area contributed by atoms with Crippen molar-refractivity contribution in [3.8, 4) is 0 Å². The molecule has 0 bridgehead atoms. The van der Waals surface area contributed by atoms with Crippen LogP contribution in [0.3, 0.4) is 0 Å². The summed E-state index contributed by atoms with van der Waals surface area (Å²) >= 11 is 0. The minimum atomic E-state index is -1.69. The van der Waals surface area contributed by atoms with E-state index in [1.807, 2.05) is 4.90 Å². The Labute approximate surface area is 154 Å². The highest BCUT2D eigenvalue weighted by Crippen LogP contribution is 2.16. The van der Waals surface area contributed by atoms with E-state index in [0.717, 1.165) is 0 Å². The Kier molecular flexibility index (Phi) is 4.89. The first-order chi connectivity index (χ1) is 12.8. The van der Waals surface area contributed by atoms with Gasteiger partial charge < -0.3 is 19.5 Å². The SMILES string of the molecule is CCn1cc(C(=O)C(=O)O)c(=O)c2cnc(N3CCN(C(C)=O)CC3)nc21. The van der Waals surface area contributed by atoms with Gasteiger partial charge in [0.05, 0.1) is 10.9 Å². The molecule has 142 valence electrons. The summed E-state index contributed by atoms with van der Waals surface area (Å²) in [6, 6.07) is 0. The number of hydrogen-bond acceptors (Lipinski definition) is 7. The van der Waals surface area contributed by atoms with Crippen LogP contribution in [0.1, 0.15) is 24.2 Å². The van der Waals surface area contributed by atoms with Crippen LogP contribution in [0.15, 0.2) is 17.2 Å². The number of anilines is 1. The number of ketones is 1. The Balaban J connectivity index is 2.02. The summed E-state index contributed by atoms with van der Waals surface area (Å²) < 4.78 is 1.56. The first kappa shape index (κ1) is 18.5. The maximum atomic E-state index is 12.5. The molecule has 10 heteroatoms. The Bertz CT molecular complexity index is 991. The van der Waals surface area contributed by atoms with Crippen LogP contribution < -0.4 is 10.3 Å². The second kappa shape index (κ2) is 7.14. The third kappa shape index (κ3) is 3.37. The van der Waals surface area contributed by atoms with Gasteiger partial charge in [-0.2, -0.15) is 4.98 Å². The van der Waals surface area contributed by atoms with Crippen molar-refractivity contribution in [2.75, 3.05) is 31.1 Å². The molecule has 0 radical (unpaired) electrons. The van der Waals surface area contributed by atoms with Crippen LogP contribution >= 0.6 is 0 Å². The number of amides is 1. The van der Waals surface area contributed by atoms with Crippen molar-refractivity contribution in [3.63, 3.8) is 0 Å². The van der Waals surface area contributed by atoms with Gasteiger partial charge in [0, 0.05) is 52.0 Å². The molecule has 0 atom stereocenters. The van der Waals surface area contributed by atoms with Crippen molar-refractivity contribution in [2.24, 2.45) is 0 Å². The number of carboxylic acids is 1. The number of aromatic nitrogens is 3. The van der Waals surface area contributed by atoms with Gasteiger partial charge in [-0.05, 0) is 6.92 Å². The molecule has 3 heterocycles. The van der Waals surface area contributed by atoms with Crippen LogP contribution in [-0.2, 0) is 16.1 Å². The molecular formula is C17H19N5O5. The highest BCUT2D eigenvalue weighted by Gasteiger charge is 2.24. The third-order valence-electron chi connectivity index (χ3n) is 4.59. The zero-order valence-corrected chi connectivity index (χ0v) is 15.0. The van der Waals surface area contributed by atoms with Crippen LogP contribution in [0.5, 0.6) is 0 Å². The molecule has 1 amide bonds. The van der Waals surface area contributed by atoms with E-state index in [0.29, 0.717) is 44.3 Å². The Morgan fingerprint density at radius 2 is 1.85 bits per heavy atom. The number of carbonyl (C=O) groups excluding carboxylic acids is 2. The van der Waals surface area contributed by atoms with Gasteiger partial charge >= 0.3 is 5.97 Å². The zero-order chi connectivity index (χ0) is 19.7. The number of carboxylic acid groups (broad SMARTS) is 1. The zero-order valence-electron chi connectivity index (χ0n) is 15.0. The van der Waals surface area contributed by atoms with Crippen molar-refractivity contribution >= 4 is 34.6 Å². The molecule has 0 spiro atoms. The van der Waals surface area contributed by atoms with Gasteiger partial charge in [0.25, 0.3) is 5.78 Å². The molecule has 0 saturated carbocycles. The highest BCUT2D eigenvalue weighted by molar-refractivity contribution is 6.40. The molecule has 0 aromatic carbocycles. The lowest BCUT2D eigenvalue weighted by atomic mass is 10.1. The molecule has 2 aromatic rings. The van der Waals surface area contributed by atoms with Gasteiger partial charge in [-0.3, -0.25) is 14.4 Å². The van der Waals surface area contributed by atoms with Crippen molar-refractivity contribution in [2.45, 2.75) is 20.4 Å². The first-order valence-corrected chi connectivity index (χ1v) is 8.51. The van der Waals surface area contributed by atoms with Crippen molar-refractivity contribution in [1.29, 1.82) is 0 Å². The molecule has 10 nitrogen and oxygen atoms in total. The Morgan fingerprint density at radius 1 is 1.19 bits per heavy atom. The molecule has 0 unspecified atom stereocenters. The number of pyridine rings is 1. The summed E-state index contributed by atoms with van der Waals surface area (Å²) in [6.45, 7) is 5.97. The average Bonchev–Trinajstić information content (AvgIpc) is 2.67. The molecule has 3 rings (SSSR count). The summed E-state index contributed by atoms with van der Waals surface area (Å²) in [5.74, 6) is -2.50. The number of aliphatic carboxylic acids is 1. The molecule has 1 saturated heterocycles. The van der Waals surface area contributed by atoms with Crippen LogP contribution in [-0.4, -0.2) is 68.4 Å². The number of piperazine rings is 1. The van der Waals surface area contributed by atoms with E-state index in [9.17, 15) is 19.2 Å². The third-order valence-corrected chi connectivity index (χ3v) is 4.59. The molecular weight excluding hydrogens is 354 g/mol. The predicted octanol–water partition coefficient (Wildman–Crippen LogP) is -0.253. The number of carbonyl (C=O) groups is 3. The van der Waals surface area contributed by atoms with E-state index in [1.54, 1.807) is 16.4 Å². The molecule has 27 heavy (non-hydrogen) atoms. The average molecular weight is 373 g/mol. The topological polar surface area (TPSA) is 126 Å². The van der Waals surface area contributed by atoms with Crippen molar-refractivity contribution in [3.05, 3.63) is 28.2 Å². The van der Waals surface area contributed by atoms with Crippen molar-refractivity contribution < 1.29 is 19.5 Å². The Morgan fingerprint density at radius 3 is 2.41 bits per heavy atom. The van der Waals surface area contributed by atoms with Gasteiger partial charge in [-0.15, -0.1) is 0 Å². The van der Waals surface area contributed by atoms with Gasteiger partial charge in [0.1, 0.15) is 5.65 Å². The second-order valence-corrected chi connectivity index (χ2v) is 6.19. The fourth-order valence-corrected chi connectivity index (χ4v) is 3.06. The smallest absolute Gasteiger partial charge is 0.377 e. The number of hydrogen-bond donors (Lipinski definition) is 1. The summed E-state index contributed by atoms with van der Waals surface area (Å²) in [7, 11) is 0. The molecule has 1 fully saturated rings. The summed E-state index contributed by atoms with van der Waals surface area (Å²) in [4.78, 5) is 59.0. The van der Waals surface area contributed by atoms with Crippen LogP contribution in [0.25, 0.3) is 11.0 Å². The van der Waals surface area contributed by atoms with Gasteiger partial charge in [-0.1, -0.05) is 0 Å². The van der Waals surface area contributed by atoms with Crippen LogP contribution in [0, 0.1) is 0 Å². The Hall–Kier alpha value is -3.30. The predicted molar refractivity (Wildman–Crippen MR) is 95.9 cm³/mol. The number of nitrogens with zero attached hydrogens (tertiary/aromatic N) is 5. The van der Waals surface area contributed by atoms with Gasteiger partial charge in [0.15, 0.2) is 0 Å². The molecule has 1 aliphatic rings. The molecule has 2 aromatic heterocycles. The van der Waals surface area contributed by atoms with E-state index in [-0.39, 0.29) is 11.3 Å². The van der Waals surface area contributed by atoms with Gasteiger partial charge in [0.2, 0.25) is 17.3 Å². The lowest BCUT2D eigenvalue weighted by Gasteiger charge is -2.34. The fraction of sp³-hybridized carbons (Fsp3) is 0.412. The summed E-state index contributed by atoms with van der Waals surface area (Å²) in [6.07, 6.45) is 2.55. The number of Topliss-reactive ketones (excluding diaryl/α,β-unsaturated/α-hetero) is 1. The van der Waals surface area contributed by atoms with E-state index in [2.05, 4.69) is 9.97 Å². The number of fused-ring (bicyclic) bond motifs is 1. The lowest BCUT2D eigenvalue weighted by Crippen LogP contribution is -2.48. The lowest BCUT2D eigenvalue weighted by molar-refractivity contribution is -0.132. The highest BCUT2D eigenvalue weighted by atomic mass is 16.4. The second-order valence-electron chi connectivity index (χ2n) is 6.19. The van der Waals surface area contributed by atoms with E-state index >= 15 is 0 Å². The summed E-state index contributed by atoms with van der Waals surface area (Å²) in [5.41, 5.74) is -0.776. The van der Waals surface area contributed by atoms with E-state index < -0.39 is 22.7 Å². The maximum absolute atomic E-state index is 12.5. The van der Waals surface area contributed by atoms with E-state index in [1.165, 1.54) is 19.3 Å². The largest absolute Gasteiger partial charge is 0.475 e.